The maximum atomic E-state index is 12.0. The number of carbonyl (C=O) groups is 1. The van der Waals surface area contributed by atoms with Gasteiger partial charge in [0.25, 0.3) is 5.91 Å². The van der Waals surface area contributed by atoms with Gasteiger partial charge in [-0.05, 0) is 25.5 Å². The molecule has 2 N–H and O–H groups in total. The van der Waals surface area contributed by atoms with Crippen molar-refractivity contribution in [3.05, 3.63) is 35.8 Å². The molecular formula is C14H20N4O2. The van der Waals surface area contributed by atoms with Crippen molar-refractivity contribution in [2.75, 3.05) is 0 Å². The smallest absolute Gasteiger partial charge is 0.291 e. The van der Waals surface area contributed by atoms with Crippen LogP contribution in [0.4, 0.5) is 0 Å². The van der Waals surface area contributed by atoms with E-state index in [1.54, 1.807) is 6.26 Å². The molecule has 0 bridgehead atoms. The molecule has 6 heteroatoms. The van der Waals surface area contributed by atoms with Crippen LogP contribution in [0.2, 0.25) is 0 Å². The Bertz CT molecular complexity index is 545. The monoisotopic (exact) mass is 276 g/mol. The predicted molar refractivity (Wildman–Crippen MR) is 74.4 cm³/mol. The minimum absolute atomic E-state index is 0.0357. The van der Waals surface area contributed by atoms with Crippen LogP contribution in [0, 0.1) is 0 Å². The molecular weight excluding hydrogens is 256 g/mol. The molecule has 0 aliphatic heterocycles. The number of furan rings is 1. The highest BCUT2D eigenvalue weighted by Crippen LogP contribution is 2.08. The summed E-state index contributed by atoms with van der Waals surface area (Å²) >= 11 is 0. The maximum Gasteiger partial charge on any atom is 0.291 e. The number of hydrogen-bond acceptors (Lipinski definition) is 4. The van der Waals surface area contributed by atoms with Gasteiger partial charge in [0.05, 0.1) is 6.26 Å². The van der Waals surface area contributed by atoms with Crippen molar-refractivity contribution in [1.29, 1.82) is 0 Å². The Morgan fingerprint density at radius 3 is 2.85 bits per heavy atom. The van der Waals surface area contributed by atoms with Crippen LogP contribution in [-0.4, -0.2) is 27.1 Å². The van der Waals surface area contributed by atoms with Crippen LogP contribution < -0.4 is 5.32 Å². The van der Waals surface area contributed by atoms with Gasteiger partial charge >= 0.3 is 0 Å². The zero-order valence-electron chi connectivity index (χ0n) is 12.0. The van der Waals surface area contributed by atoms with Gasteiger partial charge in [0, 0.05) is 18.4 Å². The lowest BCUT2D eigenvalue weighted by atomic mass is 10.1. The number of H-pyrrole nitrogens is 1. The topological polar surface area (TPSA) is 83.8 Å². The van der Waals surface area contributed by atoms with E-state index in [-0.39, 0.29) is 23.7 Å². The molecule has 1 unspecified atom stereocenters. The third kappa shape index (κ3) is 3.69. The molecule has 2 rings (SSSR count). The lowest BCUT2D eigenvalue weighted by Gasteiger charge is -2.11. The molecule has 1 amide bonds. The summed E-state index contributed by atoms with van der Waals surface area (Å²) in [5.74, 6) is 1.81. The van der Waals surface area contributed by atoms with E-state index in [1.165, 1.54) is 0 Å². The van der Waals surface area contributed by atoms with Gasteiger partial charge in [0.15, 0.2) is 0 Å². The zero-order valence-corrected chi connectivity index (χ0v) is 12.0. The Labute approximate surface area is 118 Å². The van der Waals surface area contributed by atoms with E-state index in [9.17, 15) is 4.79 Å². The SMILES string of the molecule is CC(CCc1ccco1)NC(=O)c1n[nH]c(C(C)C)n1. The van der Waals surface area contributed by atoms with E-state index in [2.05, 4.69) is 20.5 Å². The number of hydrogen-bond donors (Lipinski definition) is 2. The highest BCUT2D eigenvalue weighted by Gasteiger charge is 2.16. The molecule has 108 valence electrons. The molecule has 0 fully saturated rings. The summed E-state index contributed by atoms with van der Waals surface area (Å²) in [7, 11) is 0. The van der Waals surface area contributed by atoms with Crippen molar-refractivity contribution >= 4 is 5.91 Å². The minimum atomic E-state index is -0.250. The van der Waals surface area contributed by atoms with Gasteiger partial charge < -0.3 is 9.73 Å². The molecule has 6 nitrogen and oxygen atoms in total. The Morgan fingerprint density at radius 1 is 1.45 bits per heavy atom. The van der Waals surface area contributed by atoms with Gasteiger partial charge in [-0.3, -0.25) is 9.89 Å². The summed E-state index contributed by atoms with van der Waals surface area (Å²) < 4.78 is 5.26. The van der Waals surface area contributed by atoms with E-state index in [0.717, 1.165) is 24.4 Å². The largest absolute Gasteiger partial charge is 0.469 e. The summed E-state index contributed by atoms with van der Waals surface area (Å²) in [5, 5.41) is 9.60. The number of amides is 1. The van der Waals surface area contributed by atoms with Crippen LogP contribution in [0.25, 0.3) is 0 Å². The van der Waals surface area contributed by atoms with E-state index in [0.29, 0.717) is 0 Å². The van der Waals surface area contributed by atoms with Gasteiger partial charge in [-0.15, -0.1) is 5.10 Å². The first kappa shape index (κ1) is 14.3. The quantitative estimate of drug-likeness (QED) is 0.847. The van der Waals surface area contributed by atoms with E-state index < -0.39 is 0 Å². The van der Waals surface area contributed by atoms with Gasteiger partial charge in [-0.2, -0.15) is 0 Å². The Kier molecular flexibility index (Phi) is 4.55. The van der Waals surface area contributed by atoms with E-state index >= 15 is 0 Å². The molecule has 0 saturated heterocycles. The zero-order chi connectivity index (χ0) is 14.5. The second-order valence-electron chi connectivity index (χ2n) is 5.19. The third-order valence-electron chi connectivity index (χ3n) is 3.03. The minimum Gasteiger partial charge on any atom is -0.469 e. The molecule has 2 heterocycles. The molecule has 0 aromatic carbocycles. The molecule has 20 heavy (non-hydrogen) atoms. The normalized spacial score (nSPS) is 12.6. The van der Waals surface area contributed by atoms with Gasteiger partial charge in [0.1, 0.15) is 11.6 Å². The fourth-order valence-electron chi connectivity index (χ4n) is 1.81. The van der Waals surface area contributed by atoms with Crippen molar-refractivity contribution in [3.63, 3.8) is 0 Å². The molecule has 2 aromatic heterocycles. The molecule has 0 radical (unpaired) electrons. The second-order valence-corrected chi connectivity index (χ2v) is 5.19. The summed E-state index contributed by atoms with van der Waals surface area (Å²) in [6, 6.07) is 3.83. The average Bonchev–Trinajstić information content (AvgIpc) is 3.07. The fourth-order valence-corrected chi connectivity index (χ4v) is 1.81. The number of aryl methyl sites for hydroxylation is 1. The molecule has 0 saturated carbocycles. The molecule has 0 aliphatic carbocycles. The lowest BCUT2D eigenvalue weighted by molar-refractivity contribution is 0.0928. The summed E-state index contributed by atoms with van der Waals surface area (Å²) in [6.07, 6.45) is 3.25. The van der Waals surface area contributed by atoms with Crippen molar-refractivity contribution in [1.82, 2.24) is 20.5 Å². The maximum absolute atomic E-state index is 12.0. The summed E-state index contributed by atoms with van der Waals surface area (Å²) in [6.45, 7) is 5.94. The summed E-state index contributed by atoms with van der Waals surface area (Å²) in [5.41, 5.74) is 0. The van der Waals surface area contributed by atoms with Gasteiger partial charge in [-0.1, -0.05) is 13.8 Å². The van der Waals surface area contributed by atoms with E-state index in [4.69, 9.17) is 4.42 Å². The molecule has 0 spiro atoms. The van der Waals surface area contributed by atoms with Crippen LogP contribution in [-0.2, 0) is 6.42 Å². The molecule has 2 aromatic rings. The van der Waals surface area contributed by atoms with Crippen LogP contribution in [0.15, 0.2) is 22.8 Å². The highest BCUT2D eigenvalue weighted by molar-refractivity contribution is 5.90. The lowest BCUT2D eigenvalue weighted by Crippen LogP contribution is -2.33. The first-order valence-electron chi connectivity index (χ1n) is 6.81. The highest BCUT2D eigenvalue weighted by atomic mass is 16.3. The number of rotatable bonds is 6. The Balaban J connectivity index is 1.83. The Morgan fingerprint density at radius 2 is 2.25 bits per heavy atom. The van der Waals surface area contributed by atoms with Crippen molar-refractivity contribution in [2.45, 2.75) is 45.6 Å². The van der Waals surface area contributed by atoms with Crippen LogP contribution in [0.5, 0.6) is 0 Å². The standard InChI is InChI=1S/C14H20N4O2/c1-9(2)12-16-13(18-17-12)14(19)15-10(3)6-7-11-5-4-8-20-11/h4-5,8-10H,6-7H2,1-3H3,(H,15,19)(H,16,17,18). The van der Waals surface area contributed by atoms with Crippen LogP contribution in [0.3, 0.4) is 0 Å². The van der Waals surface area contributed by atoms with Gasteiger partial charge in [0.2, 0.25) is 5.82 Å². The van der Waals surface area contributed by atoms with Crippen molar-refractivity contribution in [3.8, 4) is 0 Å². The Hall–Kier alpha value is -2.11. The third-order valence-corrected chi connectivity index (χ3v) is 3.03. The summed E-state index contributed by atoms with van der Waals surface area (Å²) in [4.78, 5) is 16.1. The first-order chi connectivity index (χ1) is 9.56. The number of aromatic amines is 1. The number of nitrogens with zero attached hydrogens (tertiary/aromatic N) is 2. The van der Waals surface area contributed by atoms with E-state index in [1.807, 2.05) is 32.9 Å². The number of carbonyl (C=O) groups excluding carboxylic acids is 1. The second kappa shape index (κ2) is 6.36. The van der Waals surface area contributed by atoms with Crippen LogP contribution in [0.1, 0.15) is 55.3 Å². The van der Waals surface area contributed by atoms with Crippen molar-refractivity contribution in [2.24, 2.45) is 0 Å². The average molecular weight is 276 g/mol. The predicted octanol–water partition coefficient (Wildman–Crippen LogP) is 2.27. The number of nitrogens with one attached hydrogen (secondary N) is 2. The first-order valence-corrected chi connectivity index (χ1v) is 6.81. The molecule has 1 atom stereocenters. The fraction of sp³-hybridized carbons (Fsp3) is 0.500. The van der Waals surface area contributed by atoms with Gasteiger partial charge in [-0.25, -0.2) is 4.98 Å². The number of aromatic nitrogens is 3. The molecule has 0 aliphatic rings. The van der Waals surface area contributed by atoms with Crippen molar-refractivity contribution < 1.29 is 9.21 Å². The van der Waals surface area contributed by atoms with Crippen LogP contribution >= 0.6 is 0 Å².